The number of morpholine rings is 1. The van der Waals surface area contributed by atoms with Crippen molar-refractivity contribution in [1.82, 2.24) is 10.2 Å². The van der Waals surface area contributed by atoms with Gasteiger partial charge in [-0.25, -0.2) is 0 Å². The maximum atomic E-state index is 12.7. The second kappa shape index (κ2) is 10.2. The number of thioether (sulfide) groups is 1. The molecule has 2 aromatic carbocycles. The fraction of sp³-hybridized carbons (Fsp3) is 0.391. The third-order valence-electron chi connectivity index (χ3n) is 5.32. The van der Waals surface area contributed by atoms with E-state index in [-0.39, 0.29) is 17.2 Å². The second-order valence-corrected chi connectivity index (χ2v) is 8.54. The molecule has 0 saturated carbocycles. The van der Waals surface area contributed by atoms with Gasteiger partial charge in [0.1, 0.15) is 5.37 Å². The van der Waals surface area contributed by atoms with Gasteiger partial charge in [-0.05, 0) is 42.8 Å². The minimum atomic E-state index is -0.277. The van der Waals surface area contributed by atoms with Crippen molar-refractivity contribution in [2.24, 2.45) is 0 Å². The summed E-state index contributed by atoms with van der Waals surface area (Å²) in [7, 11) is 1.59. The van der Waals surface area contributed by atoms with E-state index in [2.05, 4.69) is 15.5 Å². The van der Waals surface area contributed by atoms with Crippen molar-refractivity contribution >= 4 is 29.3 Å². The minimum absolute atomic E-state index is 0.0663. The molecule has 1 unspecified atom stereocenters. The molecule has 4 rings (SSSR count). The monoisotopic (exact) mass is 457 g/mol. The van der Waals surface area contributed by atoms with Gasteiger partial charge in [-0.15, -0.1) is 0 Å². The van der Waals surface area contributed by atoms with Crippen LogP contribution in [-0.4, -0.2) is 62.1 Å². The zero-order valence-corrected chi connectivity index (χ0v) is 19.0. The summed E-state index contributed by atoms with van der Waals surface area (Å²) < 4.78 is 16.3. The van der Waals surface area contributed by atoms with Gasteiger partial charge in [-0.3, -0.25) is 14.5 Å². The number of nitrogens with zero attached hydrogens (tertiary/aromatic N) is 1. The molecule has 1 atom stereocenters. The predicted octanol–water partition coefficient (Wildman–Crippen LogP) is 2.73. The summed E-state index contributed by atoms with van der Waals surface area (Å²) in [6.07, 6.45) is 0. The molecule has 2 aromatic rings. The van der Waals surface area contributed by atoms with Crippen molar-refractivity contribution < 1.29 is 23.8 Å². The topological polar surface area (TPSA) is 89.1 Å². The fourth-order valence-electron chi connectivity index (χ4n) is 3.67. The Morgan fingerprint density at radius 2 is 2.03 bits per heavy atom. The van der Waals surface area contributed by atoms with Crippen LogP contribution in [0.5, 0.6) is 11.5 Å². The van der Waals surface area contributed by atoms with Gasteiger partial charge in [0.15, 0.2) is 11.5 Å². The molecule has 0 radical (unpaired) electrons. The van der Waals surface area contributed by atoms with Crippen LogP contribution in [0.1, 0.15) is 22.8 Å². The van der Waals surface area contributed by atoms with Crippen molar-refractivity contribution in [3.8, 4) is 11.5 Å². The van der Waals surface area contributed by atoms with Crippen molar-refractivity contribution in [2.45, 2.75) is 23.7 Å². The maximum absolute atomic E-state index is 12.7. The molecule has 32 heavy (non-hydrogen) atoms. The van der Waals surface area contributed by atoms with Crippen LogP contribution >= 0.6 is 11.8 Å². The molecule has 1 saturated heterocycles. The SMILES string of the molecule is CCOc1ccc(CNC(=O)c2ccc3c(c2)NC(=O)C(N2CCOCC2)S3)cc1OC. The number of benzene rings is 2. The first-order valence-corrected chi connectivity index (χ1v) is 11.5. The second-order valence-electron chi connectivity index (χ2n) is 7.42. The quantitative estimate of drug-likeness (QED) is 0.661. The highest BCUT2D eigenvalue weighted by Gasteiger charge is 2.33. The lowest BCUT2D eigenvalue weighted by Gasteiger charge is -2.35. The van der Waals surface area contributed by atoms with Crippen molar-refractivity contribution in [3.63, 3.8) is 0 Å². The van der Waals surface area contributed by atoms with Gasteiger partial charge in [0, 0.05) is 30.1 Å². The normalized spacial score (nSPS) is 18.4. The van der Waals surface area contributed by atoms with Crippen molar-refractivity contribution in [2.75, 3.05) is 45.3 Å². The number of fused-ring (bicyclic) bond motifs is 1. The van der Waals surface area contributed by atoms with Gasteiger partial charge in [0.05, 0.1) is 32.6 Å². The summed E-state index contributed by atoms with van der Waals surface area (Å²) in [6.45, 7) is 5.54. The van der Waals surface area contributed by atoms with Crippen LogP contribution in [0.3, 0.4) is 0 Å². The molecule has 2 N–H and O–H groups in total. The van der Waals surface area contributed by atoms with Gasteiger partial charge in [-0.1, -0.05) is 17.8 Å². The van der Waals surface area contributed by atoms with Gasteiger partial charge in [0.2, 0.25) is 0 Å². The summed E-state index contributed by atoms with van der Waals surface area (Å²) in [5, 5.41) is 5.60. The Kier molecular flexibility index (Phi) is 7.19. The Balaban J connectivity index is 1.40. The Morgan fingerprint density at radius 1 is 1.22 bits per heavy atom. The molecular weight excluding hydrogens is 430 g/mol. The molecule has 2 aliphatic rings. The van der Waals surface area contributed by atoms with Gasteiger partial charge < -0.3 is 24.8 Å². The molecule has 2 amide bonds. The van der Waals surface area contributed by atoms with E-state index >= 15 is 0 Å². The number of carbonyl (C=O) groups excluding carboxylic acids is 2. The molecular formula is C23H27N3O5S. The lowest BCUT2D eigenvalue weighted by molar-refractivity contribution is -0.119. The number of nitrogens with one attached hydrogen (secondary N) is 2. The van der Waals surface area contributed by atoms with E-state index in [9.17, 15) is 9.59 Å². The molecule has 1 fully saturated rings. The third kappa shape index (κ3) is 5.01. The summed E-state index contributed by atoms with van der Waals surface area (Å²) in [4.78, 5) is 28.4. The van der Waals surface area contributed by atoms with E-state index < -0.39 is 0 Å². The van der Waals surface area contributed by atoms with Crippen LogP contribution in [0.25, 0.3) is 0 Å². The third-order valence-corrected chi connectivity index (χ3v) is 6.67. The van der Waals surface area contributed by atoms with Crippen LogP contribution in [0.15, 0.2) is 41.3 Å². The van der Waals surface area contributed by atoms with Gasteiger partial charge in [0.25, 0.3) is 11.8 Å². The van der Waals surface area contributed by atoms with E-state index in [1.807, 2.05) is 31.2 Å². The molecule has 9 heteroatoms. The number of methoxy groups -OCH3 is 1. The smallest absolute Gasteiger partial charge is 0.252 e. The molecule has 2 heterocycles. The first-order chi connectivity index (χ1) is 15.6. The van der Waals surface area contributed by atoms with Crippen LogP contribution in [-0.2, 0) is 16.1 Å². The highest BCUT2D eigenvalue weighted by molar-refractivity contribution is 8.00. The highest BCUT2D eigenvalue weighted by Crippen LogP contribution is 2.37. The number of amides is 2. The lowest BCUT2D eigenvalue weighted by Crippen LogP contribution is -2.48. The van der Waals surface area contributed by atoms with Crippen LogP contribution < -0.4 is 20.1 Å². The molecule has 8 nitrogen and oxygen atoms in total. The number of rotatable bonds is 7. The number of hydrogen-bond acceptors (Lipinski definition) is 7. The van der Waals surface area contributed by atoms with E-state index in [1.165, 1.54) is 11.8 Å². The lowest BCUT2D eigenvalue weighted by atomic mass is 10.1. The number of hydrogen-bond donors (Lipinski definition) is 2. The maximum Gasteiger partial charge on any atom is 0.252 e. The largest absolute Gasteiger partial charge is 0.493 e. The Morgan fingerprint density at radius 3 is 2.78 bits per heavy atom. The Hall–Kier alpha value is -2.75. The molecule has 170 valence electrons. The number of ether oxygens (including phenoxy) is 3. The minimum Gasteiger partial charge on any atom is -0.493 e. The molecule has 0 bridgehead atoms. The summed E-state index contributed by atoms with van der Waals surface area (Å²) in [6, 6.07) is 11.0. The van der Waals surface area contributed by atoms with Gasteiger partial charge >= 0.3 is 0 Å². The average Bonchev–Trinajstić information content (AvgIpc) is 2.83. The Bertz CT molecular complexity index is 994. The molecule has 2 aliphatic heterocycles. The van der Waals surface area contributed by atoms with Crippen molar-refractivity contribution in [3.05, 3.63) is 47.5 Å². The predicted molar refractivity (Wildman–Crippen MR) is 122 cm³/mol. The van der Waals surface area contributed by atoms with E-state index in [0.717, 1.165) is 23.5 Å². The standard InChI is InChI=1S/C23H27N3O5S/c1-3-31-18-6-4-15(12-19(18)29-2)14-24-21(27)16-5-7-20-17(13-16)25-22(28)23(32-20)26-8-10-30-11-9-26/h4-7,12-13,23H,3,8-11,14H2,1-2H3,(H,24,27)(H,25,28). The van der Waals surface area contributed by atoms with E-state index in [4.69, 9.17) is 14.2 Å². The zero-order valence-electron chi connectivity index (χ0n) is 18.2. The number of carbonyl (C=O) groups is 2. The fourth-order valence-corrected chi connectivity index (χ4v) is 4.82. The van der Waals surface area contributed by atoms with Crippen molar-refractivity contribution in [1.29, 1.82) is 0 Å². The number of anilines is 1. The first-order valence-electron chi connectivity index (χ1n) is 10.6. The highest BCUT2D eigenvalue weighted by atomic mass is 32.2. The van der Waals surface area contributed by atoms with E-state index in [0.29, 0.717) is 49.1 Å². The van der Waals surface area contributed by atoms with Crippen LogP contribution in [0.2, 0.25) is 0 Å². The summed E-state index contributed by atoms with van der Waals surface area (Å²) >= 11 is 1.51. The molecule has 0 spiro atoms. The summed E-state index contributed by atoms with van der Waals surface area (Å²) in [5.74, 6) is 1.02. The van der Waals surface area contributed by atoms with E-state index in [1.54, 1.807) is 19.2 Å². The van der Waals surface area contributed by atoms with Crippen LogP contribution in [0, 0.1) is 0 Å². The Labute approximate surface area is 191 Å². The summed E-state index contributed by atoms with van der Waals surface area (Å²) in [5.41, 5.74) is 2.06. The average molecular weight is 458 g/mol. The molecule has 0 aromatic heterocycles. The van der Waals surface area contributed by atoms with Crippen LogP contribution in [0.4, 0.5) is 5.69 Å². The first kappa shape index (κ1) is 22.4. The molecule has 0 aliphatic carbocycles. The van der Waals surface area contributed by atoms with Gasteiger partial charge in [-0.2, -0.15) is 0 Å². The zero-order chi connectivity index (χ0) is 22.5.